The van der Waals surface area contributed by atoms with Crippen molar-refractivity contribution in [3.8, 4) is 0 Å². The first-order valence-corrected chi connectivity index (χ1v) is 11.3. The topological polar surface area (TPSA) is 107 Å². The van der Waals surface area contributed by atoms with Gasteiger partial charge in [-0.3, -0.25) is 14.4 Å². The zero-order valence-corrected chi connectivity index (χ0v) is 17.6. The normalized spacial score (nSPS) is 15.0. The maximum atomic E-state index is 12.2. The number of esters is 2. The van der Waals surface area contributed by atoms with Crippen LogP contribution in [-0.4, -0.2) is 63.2 Å². The maximum Gasteiger partial charge on any atom is 0.309 e. The van der Waals surface area contributed by atoms with E-state index in [1.165, 1.54) is 17.0 Å². The summed E-state index contributed by atoms with van der Waals surface area (Å²) >= 11 is 0. The van der Waals surface area contributed by atoms with Gasteiger partial charge in [0.25, 0.3) is 5.91 Å². The van der Waals surface area contributed by atoms with Crippen LogP contribution < -0.4 is 0 Å². The summed E-state index contributed by atoms with van der Waals surface area (Å²) in [6, 6.07) is 6.38. The number of likely N-dealkylation sites (tertiary alicyclic amines) is 1. The van der Waals surface area contributed by atoms with E-state index in [0.29, 0.717) is 32.5 Å². The highest BCUT2D eigenvalue weighted by Gasteiger charge is 2.28. The molecule has 0 unspecified atom stereocenters. The summed E-state index contributed by atoms with van der Waals surface area (Å²) in [6.07, 6.45) is 0.690. The van der Waals surface area contributed by atoms with Gasteiger partial charge in [-0.1, -0.05) is 17.7 Å². The second kappa shape index (κ2) is 10.4. The molecular weight excluding hydrogens is 398 g/mol. The molecule has 8 nitrogen and oxygen atoms in total. The second-order valence-electron chi connectivity index (χ2n) is 6.95. The maximum absolute atomic E-state index is 12.2. The molecular formula is C20H27NO7S. The molecule has 1 saturated heterocycles. The molecule has 1 aromatic rings. The van der Waals surface area contributed by atoms with Gasteiger partial charge in [0.05, 0.1) is 29.6 Å². The van der Waals surface area contributed by atoms with Crippen molar-refractivity contribution in [2.45, 2.75) is 38.0 Å². The van der Waals surface area contributed by atoms with Crippen LogP contribution in [0.5, 0.6) is 0 Å². The highest BCUT2D eigenvalue weighted by atomic mass is 32.2. The number of ether oxygens (including phenoxy) is 2. The van der Waals surface area contributed by atoms with Crippen LogP contribution in [0.3, 0.4) is 0 Å². The van der Waals surface area contributed by atoms with Gasteiger partial charge in [-0.15, -0.1) is 0 Å². The highest BCUT2D eigenvalue weighted by molar-refractivity contribution is 7.91. The minimum Gasteiger partial charge on any atom is -0.466 e. The van der Waals surface area contributed by atoms with E-state index in [0.717, 1.165) is 5.56 Å². The van der Waals surface area contributed by atoms with E-state index < -0.39 is 22.4 Å². The van der Waals surface area contributed by atoms with Gasteiger partial charge in [-0.05, 0) is 38.8 Å². The predicted molar refractivity (Wildman–Crippen MR) is 105 cm³/mol. The van der Waals surface area contributed by atoms with Gasteiger partial charge in [0, 0.05) is 13.1 Å². The highest BCUT2D eigenvalue weighted by Crippen LogP contribution is 2.19. The van der Waals surface area contributed by atoms with Gasteiger partial charge in [0.15, 0.2) is 16.4 Å². The van der Waals surface area contributed by atoms with Gasteiger partial charge >= 0.3 is 11.9 Å². The third kappa shape index (κ3) is 6.85. The molecule has 160 valence electrons. The largest absolute Gasteiger partial charge is 0.466 e. The number of carbonyl (C=O) groups excluding carboxylic acids is 3. The summed E-state index contributed by atoms with van der Waals surface area (Å²) in [7, 11) is -3.59. The predicted octanol–water partition coefficient (Wildman–Crippen LogP) is 1.50. The molecule has 0 aliphatic carbocycles. The lowest BCUT2D eigenvalue weighted by atomic mass is 9.97. The van der Waals surface area contributed by atoms with Crippen molar-refractivity contribution in [2.75, 3.05) is 32.1 Å². The van der Waals surface area contributed by atoms with Gasteiger partial charge in [0.1, 0.15) is 0 Å². The zero-order chi connectivity index (χ0) is 21.4. The lowest BCUT2D eigenvalue weighted by Crippen LogP contribution is -2.42. The summed E-state index contributed by atoms with van der Waals surface area (Å²) < 4.78 is 34.4. The SMILES string of the molecule is CCOC(=O)C1CCN(C(=O)COC(=O)CCS(=O)(=O)c2ccc(C)cc2)CC1. The Balaban J connectivity index is 1.73. The summed E-state index contributed by atoms with van der Waals surface area (Å²) in [5.41, 5.74) is 0.938. The van der Waals surface area contributed by atoms with E-state index in [2.05, 4.69) is 0 Å². The van der Waals surface area contributed by atoms with E-state index in [9.17, 15) is 22.8 Å². The monoisotopic (exact) mass is 425 g/mol. The Labute approximate surface area is 171 Å². The number of rotatable bonds is 8. The van der Waals surface area contributed by atoms with Crippen LogP contribution in [0.25, 0.3) is 0 Å². The number of hydrogen-bond acceptors (Lipinski definition) is 7. The van der Waals surface area contributed by atoms with Crippen LogP contribution in [0, 0.1) is 12.8 Å². The molecule has 1 amide bonds. The Morgan fingerprint density at radius 1 is 1.07 bits per heavy atom. The quantitative estimate of drug-likeness (QED) is 0.581. The average Bonchev–Trinajstić information content (AvgIpc) is 2.71. The van der Waals surface area contributed by atoms with Gasteiger partial charge in [0.2, 0.25) is 0 Å². The van der Waals surface area contributed by atoms with Crippen molar-refractivity contribution in [1.29, 1.82) is 0 Å². The molecule has 0 spiro atoms. The van der Waals surface area contributed by atoms with Crippen LogP contribution in [-0.2, 0) is 33.7 Å². The molecule has 2 rings (SSSR count). The van der Waals surface area contributed by atoms with Crippen molar-refractivity contribution in [3.05, 3.63) is 29.8 Å². The van der Waals surface area contributed by atoms with Crippen LogP contribution in [0.1, 0.15) is 31.7 Å². The van der Waals surface area contributed by atoms with Crippen LogP contribution in [0.2, 0.25) is 0 Å². The lowest BCUT2D eigenvalue weighted by Gasteiger charge is -2.30. The first-order valence-electron chi connectivity index (χ1n) is 9.62. The van der Waals surface area contributed by atoms with Crippen LogP contribution >= 0.6 is 0 Å². The molecule has 0 bridgehead atoms. The van der Waals surface area contributed by atoms with Crippen molar-refractivity contribution in [2.24, 2.45) is 5.92 Å². The van der Waals surface area contributed by atoms with E-state index in [-0.39, 0.29) is 34.9 Å². The Kier molecular flexibility index (Phi) is 8.19. The third-order valence-corrected chi connectivity index (χ3v) is 6.51. The average molecular weight is 426 g/mol. The minimum absolute atomic E-state index is 0.149. The molecule has 0 radical (unpaired) electrons. The minimum atomic E-state index is -3.59. The summed E-state index contributed by atoms with van der Waals surface area (Å²) in [4.78, 5) is 37.4. The Hall–Kier alpha value is -2.42. The summed E-state index contributed by atoms with van der Waals surface area (Å²) in [5, 5.41) is 0. The lowest BCUT2D eigenvalue weighted by molar-refractivity contribution is -0.154. The standard InChI is InChI=1S/C20H27NO7S/c1-3-27-20(24)16-8-11-21(12-9-16)18(22)14-28-19(23)10-13-29(25,26)17-6-4-15(2)5-7-17/h4-7,16H,3,8-14H2,1-2H3. The Morgan fingerprint density at radius 2 is 1.69 bits per heavy atom. The van der Waals surface area contributed by atoms with Gasteiger partial charge in [-0.25, -0.2) is 8.42 Å². The molecule has 0 aromatic heterocycles. The van der Waals surface area contributed by atoms with E-state index >= 15 is 0 Å². The fraction of sp³-hybridized carbons (Fsp3) is 0.550. The molecule has 1 aromatic carbocycles. The number of hydrogen-bond donors (Lipinski definition) is 0. The molecule has 29 heavy (non-hydrogen) atoms. The van der Waals surface area contributed by atoms with Crippen molar-refractivity contribution in [3.63, 3.8) is 0 Å². The fourth-order valence-electron chi connectivity index (χ4n) is 3.01. The van der Waals surface area contributed by atoms with Crippen LogP contribution in [0.15, 0.2) is 29.2 Å². The zero-order valence-electron chi connectivity index (χ0n) is 16.8. The molecule has 1 heterocycles. The Morgan fingerprint density at radius 3 is 2.28 bits per heavy atom. The first-order chi connectivity index (χ1) is 13.7. The number of carbonyl (C=O) groups is 3. The molecule has 1 fully saturated rings. The number of aryl methyl sites for hydroxylation is 1. The number of amides is 1. The van der Waals surface area contributed by atoms with Crippen molar-refractivity contribution >= 4 is 27.7 Å². The number of benzene rings is 1. The number of nitrogens with zero attached hydrogens (tertiary/aromatic N) is 1. The molecule has 0 N–H and O–H groups in total. The molecule has 0 saturated carbocycles. The smallest absolute Gasteiger partial charge is 0.309 e. The van der Waals surface area contributed by atoms with Crippen molar-refractivity contribution in [1.82, 2.24) is 4.90 Å². The van der Waals surface area contributed by atoms with Gasteiger partial charge < -0.3 is 14.4 Å². The molecule has 1 aliphatic heterocycles. The number of piperidine rings is 1. The fourth-order valence-corrected chi connectivity index (χ4v) is 4.23. The molecule has 1 aliphatic rings. The van der Waals surface area contributed by atoms with Crippen molar-refractivity contribution < 1.29 is 32.3 Å². The summed E-state index contributed by atoms with van der Waals surface area (Å²) in [5.74, 6) is -1.94. The molecule has 0 atom stereocenters. The first kappa shape index (κ1) is 22.9. The third-order valence-electron chi connectivity index (χ3n) is 4.78. The second-order valence-corrected chi connectivity index (χ2v) is 9.06. The Bertz CT molecular complexity index is 825. The van der Waals surface area contributed by atoms with Crippen LogP contribution in [0.4, 0.5) is 0 Å². The molecule has 9 heteroatoms. The van der Waals surface area contributed by atoms with E-state index in [4.69, 9.17) is 9.47 Å². The van der Waals surface area contributed by atoms with Gasteiger partial charge in [-0.2, -0.15) is 0 Å². The van der Waals surface area contributed by atoms with E-state index in [1.54, 1.807) is 19.1 Å². The van der Waals surface area contributed by atoms with E-state index in [1.807, 2.05) is 6.92 Å². The number of sulfone groups is 1. The summed E-state index contributed by atoms with van der Waals surface area (Å²) in [6.45, 7) is 4.27.